The second-order valence-electron chi connectivity index (χ2n) is 3.16. The van der Waals surface area contributed by atoms with E-state index < -0.39 is 0 Å². The van der Waals surface area contributed by atoms with Gasteiger partial charge in [0.1, 0.15) is 0 Å². The summed E-state index contributed by atoms with van der Waals surface area (Å²) >= 11 is 0. The molecule has 0 unspecified atom stereocenters. The van der Waals surface area contributed by atoms with Gasteiger partial charge in [-0.15, -0.1) is 5.10 Å². The topological polar surface area (TPSA) is 68.8 Å². The highest BCUT2D eigenvalue weighted by Crippen LogP contribution is 2.05. The molecule has 66 valence electrons. The van der Waals surface area contributed by atoms with E-state index in [0.717, 1.165) is 31.2 Å². The van der Waals surface area contributed by atoms with Crippen LogP contribution in [-0.2, 0) is 13.1 Å². The lowest BCUT2D eigenvalue weighted by molar-refractivity contribution is 0.293. The first kappa shape index (κ1) is 7.70. The van der Waals surface area contributed by atoms with Gasteiger partial charge < -0.3 is 11.1 Å². The van der Waals surface area contributed by atoms with Crippen LogP contribution < -0.4 is 11.1 Å². The molecule has 1 aromatic rings. The molecule has 0 aromatic carbocycles. The van der Waals surface area contributed by atoms with Gasteiger partial charge in [-0.3, -0.25) is 4.68 Å². The molecule has 12 heavy (non-hydrogen) atoms. The summed E-state index contributed by atoms with van der Waals surface area (Å²) in [6, 6.07) is 0. The average molecular weight is 167 g/mol. The zero-order valence-electron chi connectivity index (χ0n) is 6.90. The van der Waals surface area contributed by atoms with Crippen LogP contribution in [0.3, 0.4) is 0 Å². The predicted molar refractivity (Wildman–Crippen MR) is 44.3 cm³/mol. The lowest BCUT2D eigenvalue weighted by atomic mass is 10.0. The van der Waals surface area contributed by atoms with Crippen LogP contribution in [0.2, 0.25) is 0 Å². The van der Waals surface area contributed by atoms with Crippen molar-refractivity contribution in [1.82, 2.24) is 20.3 Å². The van der Waals surface area contributed by atoms with E-state index in [0.29, 0.717) is 6.54 Å². The van der Waals surface area contributed by atoms with Gasteiger partial charge in [0, 0.05) is 38.3 Å². The maximum Gasteiger partial charge on any atom is 0.0962 e. The normalized spacial score (nSPS) is 17.8. The second-order valence-corrected chi connectivity index (χ2v) is 3.16. The standard InChI is InChI=1S/C7H13N5/c8-1-7-5-12(11-10-7)4-6-2-9-3-6/h5-6,9H,1-4,8H2. The maximum absolute atomic E-state index is 5.41. The van der Waals surface area contributed by atoms with Crippen LogP contribution >= 0.6 is 0 Å². The molecule has 1 aliphatic heterocycles. The molecule has 1 aliphatic rings. The predicted octanol–water partition coefficient (Wildman–Crippen LogP) is -1.04. The van der Waals surface area contributed by atoms with E-state index in [4.69, 9.17) is 5.73 Å². The van der Waals surface area contributed by atoms with Gasteiger partial charge in [-0.25, -0.2) is 0 Å². The second kappa shape index (κ2) is 3.20. The number of aromatic nitrogens is 3. The molecule has 0 saturated carbocycles. The number of nitrogens with one attached hydrogen (secondary N) is 1. The first-order valence-corrected chi connectivity index (χ1v) is 4.18. The van der Waals surface area contributed by atoms with Crippen LogP contribution in [0.5, 0.6) is 0 Å². The Bertz CT molecular complexity index is 252. The van der Waals surface area contributed by atoms with E-state index in [1.54, 1.807) is 0 Å². The first-order valence-electron chi connectivity index (χ1n) is 4.18. The number of nitrogens with two attached hydrogens (primary N) is 1. The van der Waals surface area contributed by atoms with Crippen LogP contribution in [0.1, 0.15) is 5.69 Å². The molecule has 0 amide bonds. The summed E-state index contributed by atoms with van der Waals surface area (Å²) in [5, 5.41) is 11.1. The van der Waals surface area contributed by atoms with Gasteiger partial charge in [0.15, 0.2) is 0 Å². The highest BCUT2D eigenvalue weighted by molar-refractivity contribution is 4.91. The number of nitrogens with zero attached hydrogens (tertiary/aromatic N) is 3. The van der Waals surface area contributed by atoms with Crippen molar-refractivity contribution in [1.29, 1.82) is 0 Å². The summed E-state index contributed by atoms with van der Waals surface area (Å²) in [5.41, 5.74) is 6.28. The molecule has 2 heterocycles. The lowest BCUT2D eigenvalue weighted by Gasteiger charge is -2.26. The van der Waals surface area contributed by atoms with Crippen LogP contribution in [0.15, 0.2) is 6.20 Å². The number of hydrogen-bond donors (Lipinski definition) is 2. The Labute approximate surface area is 70.9 Å². The minimum atomic E-state index is 0.475. The summed E-state index contributed by atoms with van der Waals surface area (Å²) in [5.74, 6) is 0.720. The maximum atomic E-state index is 5.41. The van der Waals surface area contributed by atoms with Crippen molar-refractivity contribution in [3.8, 4) is 0 Å². The van der Waals surface area contributed by atoms with Gasteiger partial charge >= 0.3 is 0 Å². The number of rotatable bonds is 3. The molecular formula is C7H13N5. The summed E-state index contributed by atoms with van der Waals surface area (Å²) in [7, 11) is 0. The zero-order chi connectivity index (χ0) is 8.39. The third-order valence-electron chi connectivity index (χ3n) is 2.11. The third kappa shape index (κ3) is 1.46. The number of hydrogen-bond acceptors (Lipinski definition) is 4. The molecule has 0 bridgehead atoms. The quantitative estimate of drug-likeness (QED) is 0.603. The molecule has 0 aliphatic carbocycles. The van der Waals surface area contributed by atoms with Crippen molar-refractivity contribution < 1.29 is 0 Å². The van der Waals surface area contributed by atoms with Gasteiger partial charge in [-0.1, -0.05) is 5.21 Å². The SMILES string of the molecule is NCc1cn(CC2CNC2)nn1. The van der Waals surface area contributed by atoms with Crippen LogP contribution in [0.4, 0.5) is 0 Å². The molecular weight excluding hydrogens is 154 g/mol. The Morgan fingerprint density at radius 3 is 3.00 bits per heavy atom. The van der Waals surface area contributed by atoms with Crippen molar-refractivity contribution >= 4 is 0 Å². The summed E-state index contributed by atoms with van der Waals surface area (Å²) < 4.78 is 1.87. The molecule has 1 fully saturated rings. The van der Waals surface area contributed by atoms with Gasteiger partial charge in [0.05, 0.1) is 5.69 Å². The highest BCUT2D eigenvalue weighted by atomic mass is 15.4. The largest absolute Gasteiger partial charge is 0.325 e. The van der Waals surface area contributed by atoms with Crippen LogP contribution in [0.25, 0.3) is 0 Å². The molecule has 0 radical (unpaired) electrons. The Balaban J connectivity index is 1.93. The van der Waals surface area contributed by atoms with Gasteiger partial charge in [-0.2, -0.15) is 0 Å². The summed E-state index contributed by atoms with van der Waals surface area (Å²) in [6.45, 7) is 3.62. The van der Waals surface area contributed by atoms with Gasteiger partial charge in [0.25, 0.3) is 0 Å². The van der Waals surface area contributed by atoms with Crippen LogP contribution in [0, 0.1) is 5.92 Å². The zero-order valence-corrected chi connectivity index (χ0v) is 6.90. The molecule has 0 atom stereocenters. The third-order valence-corrected chi connectivity index (χ3v) is 2.11. The van der Waals surface area contributed by atoms with E-state index in [1.165, 1.54) is 0 Å². The van der Waals surface area contributed by atoms with Crippen molar-refractivity contribution in [3.63, 3.8) is 0 Å². The minimum Gasteiger partial charge on any atom is -0.325 e. The van der Waals surface area contributed by atoms with Gasteiger partial charge in [-0.05, 0) is 0 Å². The lowest BCUT2D eigenvalue weighted by Crippen LogP contribution is -2.44. The highest BCUT2D eigenvalue weighted by Gasteiger charge is 2.17. The Morgan fingerprint density at radius 1 is 1.67 bits per heavy atom. The first-order chi connectivity index (χ1) is 5.88. The van der Waals surface area contributed by atoms with E-state index in [1.807, 2.05) is 10.9 Å². The van der Waals surface area contributed by atoms with Crippen molar-refractivity contribution in [2.45, 2.75) is 13.1 Å². The Hall–Kier alpha value is -0.940. The van der Waals surface area contributed by atoms with Crippen molar-refractivity contribution in [2.75, 3.05) is 13.1 Å². The van der Waals surface area contributed by atoms with E-state index in [9.17, 15) is 0 Å². The Morgan fingerprint density at radius 2 is 2.50 bits per heavy atom. The smallest absolute Gasteiger partial charge is 0.0962 e. The van der Waals surface area contributed by atoms with Gasteiger partial charge in [0.2, 0.25) is 0 Å². The minimum absolute atomic E-state index is 0.475. The summed E-state index contributed by atoms with van der Waals surface area (Å²) in [6.07, 6.45) is 1.92. The fourth-order valence-corrected chi connectivity index (χ4v) is 1.26. The van der Waals surface area contributed by atoms with Crippen LogP contribution in [-0.4, -0.2) is 28.1 Å². The summed E-state index contributed by atoms with van der Waals surface area (Å²) in [4.78, 5) is 0. The molecule has 1 aromatic heterocycles. The molecule has 5 nitrogen and oxygen atoms in total. The molecule has 1 saturated heterocycles. The monoisotopic (exact) mass is 167 g/mol. The molecule has 3 N–H and O–H groups in total. The van der Waals surface area contributed by atoms with Crippen molar-refractivity contribution in [3.05, 3.63) is 11.9 Å². The van der Waals surface area contributed by atoms with E-state index in [-0.39, 0.29) is 0 Å². The van der Waals surface area contributed by atoms with Crippen molar-refractivity contribution in [2.24, 2.45) is 11.7 Å². The molecule has 2 rings (SSSR count). The molecule has 0 spiro atoms. The molecule has 5 heteroatoms. The fraction of sp³-hybridized carbons (Fsp3) is 0.714. The fourth-order valence-electron chi connectivity index (χ4n) is 1.26. The Kier molecular flexibility index (Phi) is 2.05. The average Bonchev–Trinajstić information content (AvgIpc) is 2.44. The van der Waals surface area contributed by atoms with E-state index in [2.05, 4.69) is 15.6 Å². The van der Waals surface area contributed by atoms with E-state index >= 15 is 0 Å².